The molecule has 0 aliphatic heterocycles. The van der Waals surface area contributed by atoms with E-state index in [4.69, 9.17) is 4.74 Å². The van der Waals surface area contributed by atoms with Gasteiger partial charge in [-0.05, 0) is 55.8 Å². The van der Waals surface area contributed by atoms with Gasteiger partial charge < -0.3 is 10.1 Å². The molecular formula is C19H31NO. The van der Waals surface area contributed by atoms with Gasteiger partial charge in [0.1, 0.15) is 5.75 Å². The zero-order chi connectivity index (χ0) is 15.3. The van der Waals surface area contributed by atoms with Crippen molar-refractivity contribution >= 4 is 0 Å². The van der Waals surface area contributed by atoms with Crippen molar-refractivity contribution in [3.8, 4) is 5.75 Å². The summed E-state index contributed by atoms with van der Waals surface area (Å²) in [6, 6.07) is 8.73. The number of nitrogens with one attached hydrogen (secondary N) is 1. The Bertz CT molecular complexity index is 423. The van der Waals surface area contributed by atoms with E-state index in [1.54, 1.807) is 7.11 Å². The SMILES string of the molecule is CCCC1(CCC)CC(CNC)(c2ccc(OC)cc2)C1. The van der Waals surface area contributed by atoms with Crippen molar-refractivity contribution in [1.29, 1.82) is 0 Å². The third-order valence-electron chi connectivity index (χ3n) is 5.20. The Kier molecular flexibility index (Phi) is 5.32. The standard InChI is InChI=1S/C19H31NO/c1-5-11-18(12-6-2)13-19(14-18,15-20-3)16-7-9-17(21-4)10-8-16/h7-10,20H,5-6,11-15H2,1-4H3. The first-order chi connectivity index (χ1) is 10.1. The van der Waals surface area contributed by atoms with Crippen molar-refractivity contribution in [2.75, 3.05) is 20.7 Å². The maximum Gasteiger partial charge on any atom is 0.118 e. The summed E-state index contributed by atoms with van der Waals surface area (Å²) >= 11 is 0. The molecule has 0 atom stereocenters. The molecule has 2 rings (SSSR count). The lowest BCUT2D eigenvalue weighted by Gasteiger charge is -2.57. The molecule has 1 aliphatic carbocycles. The van der Waals surface area contributed by atoms with Gasteiger partial charge >= 0.3 is 0 Å². The Hall–Kier alpha value is -1.02. The molecule has 0 aromatic heterocycles. The van der Waals surface area contributed by atoms with Gasteiger partial charge in [-0.15, -0.1) is 0 Å². The highest BCUT2D eigenvalue weighted by atomic mass is 16.5. The molecule has 118 valence electrons. The molecule has 0 amide bonds. The van der Waals surface area contributed by atoms with Crippen LogP contribution in [0.25, 0.3) is 0 Å². The molecule has 1 saturated carbocycles. The van der Waals surface area contributed by atoms with E-state index in [2.05, 4.69) is 50.5 Å². The van der Waals surface area contributed by atoms with Crippen LogP contribution in [0.15, 0.2) is 24.3 Å². The molecule has 0 unspecified atom stereocenters. The van der Waals surface area contributed by atoms with Crippen LogP contribution < -0.4 is 10.1 Å². The highest BCUT2D eigenvalue weighted by Gasteiger charge is 2.53. The van der Waals surface area contributed by atoms with Crippen LogP contribution in [0.4, 0.5) is 0 Å². The summed E-state index contributed by atoms with van der Waals surface area (Å²) in [6.07, 6.45) is 8.02. The van der Waals surface area contributed by atoms with E-state index in [9.17, 15) is 0 Å². The summed E-state index contributed by atoms with van der Waals surface area (Å²) in [6.45, 7) is 5.72. The van der Waals surface area contributed by atoms with Crippen molar-refractivity contribution in [1.82, 2.24) is 5.32 Å². The van der Waals surface area contributed by atoms with Gasteiger partial charge in [0.25, 0.3) is 0 Å². The first-order valence-electron chi connectivity index (χ1n) is 8.43. The lowest BCUT2D eigenvalue weighted by atomic mass is 9.48. The minimum absolute atomic E-state index is 0.325. The second kappa shape index (κ2) is 6.83. The highest BCUT2D eigenvalue weighted by molar-refractivity contribution is 5.36. The molecule has 1 N–H and O–H groups in total. The molecule has 2 heteroatoms. The van der Waals surface area contributed by atoms with Crippen LogP contribution in [0.2, 0.25) is 0 Å². The summed E-state index contributed by atoms with van der Waals surface area (Å²) < 4.78 is 5.30. The van der Waals surface area contributed by atoms with Crippen molar-refractivity contribution < 1.29 is 4.74 Å². The van der Waals surface area contributed by atoms with Crippen molar-refractivity contribution in [2.45, 2.75) is 57.8 Å². The predicted molar refractivity (Wildman–Crippen MR) is 90.1 cm³/mol. The van der Waals surface area contributed by atoms with Crippen molar-refractivity contribution in [3.05, 3.63) is 29.8 Å². The summed E-state index contributed by atoms with van der Waals surface area (Å²) in [4.78, 5) is 0. The van der Waals surface area contributed by atoms with Crippen LogP contribution in [0.1, 0.15) is 57.9 Å². The topological polar surface area (TPSA) is 21.3 Å². The van der Waals surface area contributed by atoms with Crippen LogP contribution in [0, 0.1) is 5.41 Å². The Morgan fingerprint density at radius 3 is 2.05 bits per heavy atom. The molecule has 1 aliphatic rings. The minimum atomic E-state index is 0.325. The number of benzene rings is 1. The molecule has 0 spiro atoms. The van der Waals surface area contributed by atoms with E-state index in [1.165, 1.54) is 44.1 Å². The first kappa shape index (κ1) is 16.4. The Morgan fingerprint density at radius 2 is 1.62 bits per heavy atom. The monoisotopic (exact) mass is 289 g/mol. The van der Waals surface area contributed by atoms with E-state index in [0.29, 0.717) is 10.8 Å². The average Bonchev–Trinajstić information content (AvgIpc) is 2.46. The number of methoxy groups -OCH3 is 1. The maximum atomic E-state index is 5.30. The van der Waals surface area contributed by atoms with E-state index >= 15 is 0 Å². The van der Waals surface area contributed by atoms with Crippen molar-refractivity contribution in [3.63, 3.8) is 0 Å². The third kappa shape index (κ3) is 3.26. The minimum Gasteiger partial charge on any atom is -0.497 e. The summed E-state index contributed by atoms with van der Waals surface area (Å²) in [5.41, 5.74) is 2.38. The Labute approximate surface area is 130 Å². The number of ether oxygens (including phenoxy) is 1. The van der Waals surface area contributed by atoms with Crippen LogP contribution in [0.3, 0.4) is 0 Å². The summed E-state index contributed by atoms with van der Waals surface area (Å²) in [7, 11) is 3.81. The van der Waals surface area contributed by atoms with E-state index in [-0.39, 0.29) is 0 Å². The first-order valence-corrected chi connectivity index (χ1v) is 8.43. The van der Waals surface area contributed by atoms with Crippen LogP contribution in [-0.2, 0) is 5.41 Å². The molecule has 0 heterocycles. The molecule has 0 saturated heterocycles. The molecule has 21 heavy (non-hydrogen) atoms. The lowest BCUT2D eigenvalue weighted by molar-refractivity contribution is 0.00387. The van der Waals surface area contributed by atoms with Crippen LogP contribution in [0.5, 0.6) is 5.75 Å². The second-order valence-electron chi connectivity index (χ2n) is 6.89. The van der Waals surface area contributed by atoms with E-state index in [1.807, 2.05) is 0 Å². The third-order valence-corrected chi connectivity index (χ3v) is 5.20. The quantitative estimate of drug-likeness (QED) is 0.759. The van der Waals surface area contributed by atoms with Gasteiger partial charge in [-0.3, -0.25) is 0 Å². The normalized spacial score (nSPS) is 19.0. The highest BCUT2D eigenvalue weighted by Crippen LogP contribution is 2.60. The second-order valence-corrected chi connectivity index (χ2v) is 6.89. The van der Waals surface area contributed by atoms with Crippen LogP contribution >= 0.6 is 0 Å². The molecular weight excluding hydrogens is 258 g/mol. The lowest BCUT2D eigenvalue weighted by Crippen LogP contribution is -2.54. The number of rotatable bonds is 8. The van der Waals surface area contributed by atoms with Gasteiger partial charge in [-0.2, -0.15) is 0 Å². The van der Waals surface area contributed by atoms with Gasteiger partial charge in [-0.1, -0.05) is 38.8 Å². The average molecular weight is 289 g/mol. The molecule has 1 aromatic rings. The van der Waals surface area contributed by atoms with Gasteiger partial charge in [0.2, 0.25) is 0 Å². The zero-order valence-corrected chi connectivity index (χ0v) is 14.2. The molecule has 1 aromatic carbocycles. The number of likely N-dealkylation sites (N-methyl/N-ethyl adjacent to an activating group) is 1. The Balaban J connectivity index is 2.19. The van der Waals surface area contributed by atoms with Crippen LogP contribution in [-0.4, -0.2) is 20.7 Å². The smallest absolute Gasteiger partial charge is 0.118 e. The zero-order valence-electron chi connectivity index (χ0n) is 14.2. The van der Waals surface area contributed by atoms with Gasteiger partial charge in [-0.25, -0.2) is 0 Å². The van der Waals surface area contributed by atoms with Crippen molar-refractivity contribution in [2.24, 2.45) is 5.41 Å². The molecule has 0 bridgehead atoms. The predicted octanol–water partition coefficient (Wildman–Crippen LogP) is 4.53. The fourth-order valence-electron chi connectivity index (χ4n) is 4.64. The van der Waals surface area contributed by atoms with Gasteiger partial charge in [0.15, 0.2) is 0 Å². The fourth-order valence-corrected chi connectivity index (χ4v) is 4.64. The van der Waals surface area contributed by atoms with E-state index in [0.717, 1.165) is 12.3 Å². The van der Waals surface area contributed by atoms with Gasteiger partial charge in [0.05, 0.1) is 7.11 Å². The largest absolute Gasteiger partial charge is 0.497 e. The fraction of sp³-hybridized carbons (Fsp3) is 0.684. The maximum absolute atomic E-state index is 5.30. The summed E-state index contributed by atoms with van der Waals surface area (Å²) in [5, 5.41) is 3.43. The van der Waals surface area contributed by atoms with Gasteiger partial charge in [0, 0.05) is 12.0 Å². The molecule has 2 nitrogen and oxygen atoms in total. The summed E-state index contributed by atoms with van der Waals surface area (Å²) in [5.74, 6) is 0.950. The van der Waals surface area contributed by atoms with E-state index < -0.39 is 0 Å². The Morgan fingerprint density at radius 1 is 1.05 bits per heavy atom. The molecule has 0 radical (unpaired) electrons. The number of hydrogen-bond acceptors (Lipinski definition) is 2. The number of hydrogen-bond donors (Lipinski definition) is 1. The molecule has 1 fully saturated rings.